The van der Waals surface area contributed by atoms with Gasteiger partial charge in [-0.15, -0.1) is 0 Å². The molecule has 0 amide bonds. The Hall–Kier alpha value is 0.0400. The third-order valence-electron chi connectivity index (χ3n) is 1.80. The highest BCUT2D eigenvalue weighted by molar-refractivity contribution is 8.76. The molecule has 0 aliphatic carbocycles. The van der Waals surface area contributed by atoms with E-state index in [1.54, 1.807) is 21.6 Å². The first-order chi connectivity index (χ1) is 6.70. The van der Waals surface area contributed by atoms with Gasteiger partial charge in [0.05, 0.1) is 0 Å². The molecule has 0 radical (unpaired) electrons. The second-order valence-corrected chi connectivity index (χ2v) is 5.63. The summed E-state index contributed by atoms with van der Waals surface area (Å²) in [5.41, 5.74) is 0. The van der Waals surface area contributed by atoms with Crippen molar-refractivity contribution in [2.24, 2.45) is 0 Å². The molecule has 14 heavy (non-hydrogen) atoms. The zero-order valence-electron chi connectivity index (χ0n) is 8.88. The molecule has 0 aromatic carbocycles. The lowest BCUT2D eigenvalue weighted by Crippen LogP contribution is -1.97. The zero-order valence-corrected chi connectivity index (χ0v) is 10.5. The number of ketones is 2. The molecule has 0 aliphatic heterocycles. The van der Waals surface area contributed by atoms with E-state index in [1.807, 2.05) is 13.8 Å². The Balaban J connectivity index is 3.14. The first kappa shape index (κ1) is 14.0. The van der Waals surface area contributed by atoms with Gasteiger partial charge in [-0.2, -0.15) is 0 Å². The van der Waals surface area contributed by atoms with Gasteiger partial charge < -0.3 is 0 Å². The molecule has 0 bridgehead atoms. The molecular formula is C10H18O2S2. The fourth-order valence-electron chi connectivity index (χ4n) is 0.782. The van der Waals surface area contributed by atoms with Crippen molar-refractivity contribution in [3.05, 3.63) is 0 Å². The smallest absolute Gasteiger partial charge is 0.133 e. The molecule has 82 valence electrons. The Labute approximate surface area is 94.0 Å². The van der Waals surface area contributed by atoms with Crippen LogP contribution >= 0.6 is 21.6 Å². The van der Waals surface area contributed by atoms with Crippen molar-refractivity contribution >= 4 is 33.2 Å². The average molecular weight is 234 g/mol. The summed E-state index contributed by atoms with van der Waals surface area (Å²) >= 11 is 0. The largest absolute Gasteiger partial charge is 0.300 e. The minimum atomic E-state index is 0.322. The minimum absolute atomic E-state index is 0.322. The molecule has 4 heteroatoms. The van der Waals surface area contributed by atoms with E-state index in [0.29, 0.717) is 37.2 Å². The molecule has 0 rings (SSSR count). The number of hydrogen-bond donors (Lipinski definition) is 0. The number of rotatable bonds is 9. The van der Waals surface area contributed by atoms with Gasteiger partial charge in [-0.05, 0) is 0 Å². The summed E-state index contributed by atoms with van der Waals surface area (Å²) < 4.78 is 0. The van der Waals surface area contributed by atoms with Crippen molar-refractivity contribution in [3.63, 3.8) is 0 Å². The van der Waals surface area contributed by atoms with E-state index in [1.165, 1.54) is 0 Å². The quantitative estimate of drug-likeness (QED) is 0.453. The predicted molar refractivity (Wildman–Crippen MR) is 64.7 cm³/mol. The van der Waals surface area contributed by atoms with Gasteiger partial charge in [0.25, 0.3) is 0 Å². The lowest BCUT2D eigenvalue weighted by atomic mass is 10.2. The van der Waals surface area contributed by atoms with Gasteiger partial charge in [-0.3, -0.25) is 9.59 Å². The standard InChI is InChI=1S/C10H18O2S2/c1-3-9(11)5-7-13-14-8-6-10(12)4-2/h3-8H2,1-2H3. The maximum absolute atomic E-state index is 10.9. The van der Waals surface area contributed by atoms with Crippen molar-refractivity contribution in [1.82, 2.24) is 0 Å². The number of Topliss-reactive ketones (excluding diaryl/α,β-unsaturated/α-hetero) is 2. The lowest BCUT2D eigenvalue weighted by molar-refractivity contribution is -0.119. The van der Waals surface area contributed by atoms with Crippen LogP contribution in [0.25, 0.3) is 0 Å². The molecule has 0 unspecified atom stereocenters. The third-order valence-corrected chi connectivity index (χ3v) is 4.21. The minimum Gasteiger partial charge on any atom is -0.300 e. The monoisotopic (exact) mass is 234 g/mol. The van der Waals surface area contributed by atoms with E-state index in [0.717, 1.165) is 11.5 Å². The predicted octanol–water partition coefficient (Wildman–Crippen LogP) is 3.11. The molecule has 0 aromatic rings. The van der Waals surface area contributed by atoms with Crippen molar-refractivity contribution in [3.8, 4) is 0 Å². The summed E-state index contributed by atoms with van der Waals surface area (Å²) in [5.74, 6) is 2.39. The van der Waals surface area contributed by atoms with Crippen LogP contribution in [0.5, 0.6) is 0 Å². The second-order valence-electron chi connectivity index (χ2n) is 2.93. The van der Waals surface area contributed by atoms with Crippen LogP contribution in [-0.2, 0) is 9.59 Å². The van der Waals surface area contributed by atoms with Crippen LogP contribution in [0.2, 0.25) is 0 Å². The fourth-order valence-corrected chi connectivity index (χ4v) is 2.85. The van der Waals surface area contributed by atoms with Crippen molar-refractivity contribution in [2.45, 2.75) is 39.5 Å². The van der Waals surface area contributed by atoms with Gasteiger partial charge in [0.2, 0.25) is 0 Å². The maximum atomic E-state index is 10.9. The Morgan fingerprint density at radius 3 is 1.50 bits per heavy atom. The zero-order chi connectivity index (χ0) is 10.8. The number of hydrogen-bond acceptors (Lipinski definition) is 4. The van der Waals surface area contributed by atoms with E-state index < -0.39 is 0 Å². The van der Waals surface area contributed by atoms with Crippen LogP contribution < -0.4 is 0 Å². The number of carbonyl (C=O) groups excluding carboxylic acids is 2. The summed E-state index contributed by atoms with van der Waals surface area (Å²) in [6, 6.07) is 0. The summed E-state index contributed by atoms with van der Waals surface area (Å²) in [6.45, 7) is 3.78. The van der Waals surface area contributed by atoms with Gasteiger partial charge >= 0.3 is 0 Å². The summed E-state index contributed by atoms with van der Waals surface area (Å²) in [4.78, 5) is 21.8. The first-order valence-corrected chi connectivity index (χ1v) is 7.47. The molecule has 0 aliphatic rings. The molecule has 0 saturated heterocycles. The molecule has 0 spiro atoms. The van der Waals surface area contributed by atoms with E-state index >= 15 is 0 Å². The molecule has 0 N–H and O–H groups in total. The van der Waals surface area contributed by atoms with Crippen LogP contribution in [0.15, 0.2) is 0 Å². The van der Waals surface area contributed by atoms with Gasteiger partial charge in [0.15, 0.2) is 0 Å². The van der Waals surface area contributed by atoms with Crippen LogP contribution in [0, 0.1) is 0 Å². The lowest BCUT2D eigenvalue weighted by Gasteiger charge is -1.99. The van der Waals surface area contributed by atoms with Crippen LogP contribution in [-0.4, -0.2) is 23.1 Å². The molecular weight excluding hydrogens is 216 g/mol. The van der Waals surface area contributed by atoms with Crippen molar-refractivity contribution in [2.75, 3.05) is 11.5 Å². The van der Waals surface area contributed by atoms with Crippen LogP contribution in [0.3, 0.4) is 0 Å². The van der Waals surface area contributed by atoms with Gasteiger partial charge in [-0.1, -0.05) is 35.4 Å². The topological polar surface area (TPSA) is 34.1 Å². The van der Waals surface area contributed by atoms with Gasteiger partial charge in [0, 0.05) is 37.2 Å². The maximum Gasteiger partial charge on any atom is 0.133 e. The van der Waals surface area contributed by atoms with E-state index in [2.05, 4.69) is 0 Å². The average Bonchev–Trinajstić information content (AvgIpc) is 2.22. The molecule has 0 saturated carbocycles. The Morgan fingerprint density at radius 2 is 1.21 bits per heavy atom. The molecule has 0 aromatic heterocycles. The van der Waals surface area contributed by atoms with E-state index in [9.17, 15) is 9.59 Å². The fraction of sp³-hybridized carbons (Fsp3) is 0.800. The summed E-state index contributed by atoms with van der Waals surface area (Å²) in [5, 5.41) is 0. The summed E-state index contributed by atoms with van der Waals surface area (Å²) in [6.07, 6.45) is 2.60. The normalized spacial score (nSPS) is 10.1. The highest BCUT2D eigenvalue weighted by Gasteiger charge is 2.00. The molecule has 0 heterocycles. The van der Waals surface area contributed by atoms with E-state index in [4.69, 9.17) is 0 Å². The Bertz CT molecular complexity index is 161. The Kier molecular flexibility index (Phi) is 9.62. The highest BCUT2D eigenvalue weighted by atomic mass is 33.1. The Morgan fingerprint density at radius 1 is 0.857 bits per heavy atom. The first-order valence-electron chi connectivity index (χ1n) is 4.98. The SMILES string of the molecule is CCC(=O)CCSSCCC(=O)CC. The second kappa shape index (κ2) is 9.59. The van der Waals surface area contributed by atoms with Gasteiger partial charge in [-0.25, -0.2) is 0 Å². The molecule has 0 fully saturated rings. The van der Waals surface area contributed by atoms with Crippen LogP contribution in [0.1, 0.15) is 39.5 Å². The molecule has 0 atom stereocenters. The molecule has 2 nitrogen and oxygen atoms in total. The third kappa shape index (κ3) is 8.63. The van der Waals surface area contributed by atoms with Gasteiger partial charge in [0.1, 0.15) is 11.6 Å². The highest BCUT2D eigenvalue weighted by Crippen LogP contribution is 2.23. The van der Waals surface area contributed by atoms with Crippen LogP contribution in [0.4, 0.5) is 0 Å². The van der Waals surface area contributed by atoms with Crippen molar-refractivity contribution < 1.29 is 9.59 Å². The summed E-state index contributed by atoms with van der Waals surface area (Å²) in [7, 11) is 3.39. The van der Waals surface area contributed by atoms with E-state index in [-0.39, 0.29) is 0 Å². The van der Waals surface area contributed by atoms with Crippen molar-refractivity contribution in [1.29, 1.82) is 0 Å². The number of carbonyl (C=O) groups is 2.